The van der Waals surface area contributed by atoms with Crippen molar-refractivity contribution in [2.24, 2.45) is 5.73 Å². The molecule has 1 aliphatic rings. The molecule has 202 valence electrons. The van der Waals surface area contributed by atoms with Crippen LogP contribution in [0.4, 0.5) is 10.5 Å². The second-order valence-electron chi connectivity index (χ2n) is 11.1. The van der Waals surface area contributed by atoms with Crippen LogP contribution in [0.1, 0.15) is 67.6 Å². The minimum Gasteiger partial charge on any atom is -0.410 e. The summed E-state index contributed by atoms with van der Waals surface area (Å²) < 4.78 is 7.05. The van der Waals surface area contributed by atoms with E-state index in [4.69, 9.17) is 15.6 Å². The number of rotatable bonds is 6. The predicted octanol–water partition coefficient (Wildman–Crippen LogP) is 5.78. The van der Waals surface area contributed by atoms with E-state index in [-0.39, 0.29) is 23.4 Å². The van der Waals surface area contributed by atoms with Crippen LogP contribution in [-0.4, -0.2) is 34.4 Å². The van der Waals surface area contributed by atoms with Crippen molar-refractivity contribution in [3.8, 4) is 5.75 Å². The van der Waals surface area contributed by atoms with Crippen LogP contribution in [0, 0.1) is 0 Å². The molecule has 0 aliphatic carbocycles. The average Bonchev–Trinajstić information content (AvgIpc) is 3.32. The van der Waals surface area contributed by atoms with E-state index in [1.807, 2.05) is 47.1 Å². The Morgan fingerprint density at radius 2 is 1.87 bits per heavy atom. The zero-order valence-corrected chi connectivity index (χ0v) is 22.6. The number of anilines is 1. The molecule has 39 heavy (non-hydrogen) atoms. The number of piperidine rings is 1. The van der Waals surface area contributed by atoms with E-state index < -0.39 is 6.09 Å². The van der Waals surface area contributed by atoms with Gasteiger partial charge in [-0.1, -0.05) is 51.5 Å². The summed E-state index contributed by atoms with van der Waals surface area (Å²) in [5.41, 5.74) is 9.68. The lowest BCUT2D eigenvalue weighted by molar-refractivity contribution is 0.102. The first-order valence-electron chi connectivity index (χ1n) is 13.4. The number of nitrogens with zero attached hydrogens (tertiary/aromatic N) is 2. The lowest BCUT2D eigenvalue weighted by Gasteiger charge is -2.32. The van der Waals surface area contributed by atoms with Crippen molar-refractivity contribution in [1.82, 2.24) is 15.1 Å². The standard InChI is InChI=1S/C31H35N5O3/c1-31(2,3)23-10-12-24(13-11-23)35-29(37)21-8-6-7-20(17-21)28(26-9-4-5-16-33-26)36-27-15-14-25(39-30(32)38)18-22(27)19-34-36/h6-8,10-15,17-19,26,28,33H,4-5,9,16H2,1-3H3,(H2,32,38)(H,35,37)/t26-,28?/m0/s1. The van der Waals surface area contributed by atoms with Crippen LogP contribution in [0.25, 0.3) is 10.9 Å². The van der Waals surface area contributed by atoms with Gasteiger partial charge in [-0.2, -0.15) is 5.10 Å². The maximum absolute atomic E-state index is 13.3. The number of nitrogens with one attached hydrogen (secondary N) is 2. The van der Waals surface area contributed by atoms with Gasteiger partial charge in [0, 0.05) is 22.7 Å². The minimum atomic E-state index is -0.855. The highest BCUT2D eigenvalue weighted by molar-refractivity contribution is 6.04. The molecule has 8 nitrogen and oxygen atoms in total. The first-order valence-corrected chi connectivity index (χ1v) is 13.4. The lowest BCUT2D eigenvalue weighted by atomic mass is 9.87. The van der Waals surface area contributed by atoms with Crippen LogP contribution in [0.3, 0.4) is 0 Å². The number of carbonyl (C=O) groups is 2. The van der Waals surface area contributed by atoms with Crippen molar-refractivity contribution < 1.29 is 14.3 Å². The van der Waals surface area contributed by atoms with E-state index in [1.165, 1.54) is 5.56 Å². The van der Waals surface area contributed by atoms with Gasteiger partial charge < -0.3 is 21.1 Å². The maximum Gasteiger partial charge on any atom is 0.409 e. The maximum atomic E-state index is 13.3. The van der Waals surface area contributed by atoms with Gasteiger partial charge in [-0.3, -0.25) is 9.48 Å². The third-order valence-corrected chi connectivity index (χ3v) is 7.28. The zero-order chi connectivity index (χ0) is 27.6. The van der Waals surface area contributed by atoms with E-state index in [9.17, 15) is 9.59 Å². The SMILES string of the molecule is CC(C)(C)c1ccc(NC(=O)c2cccc(C([C@@H]3CCCCN3)n3ncc4cc(OC(N)=O)ccc43)c2)cc1. The monoisotopic (exact) mass is 525 g/mol. The Bertz CT molecular complexity index is 1480. The van der Waals surface area contributed by atoms with E-state index in [0.717, 1.165) is 48.0 Å². The molecule has 3 aromatic carbocycles. The summed E-state index contributed by atoms with van der Waals surface area (Å²) in [5.74, 6) is 0.213. The second kappa shape index (κ2) is 10.9. The van der Waals surface area contributed by atoms with E-state index in [2.05, 4.69) is 43.5 Å². The van der Waals surface area contributed by atoms with Crippen LogP contribution in [-0.2, 0) is 5.41 Å². The number of amides is 2. The van der Waals surface area contributed by atoms with Gasteiger partial charge in [0.2, 0.25) is 0 Å². The highest BCUT2D eigenvalue weighted by atomic mass is 16.5. The summed E-state index contributed by atoms with van der Waals surface area (Å²) in [4.78, 5) is 24.5. The highest BCUT2D eigenvalue weighted by Gasteiger charge is 2.29. The molecule has 0 saturated carbocycles. The molecule has 1 aliphatic heterocycles. The molecule has 5 rings (SSSR count). The second-order valence-corrected chi connectivity index (χ2v) is 11.1. The van der Waals surface area contributed by atoms with Crippen LogP contribution in [0.2, 0.25) is 0 Å². The third kappa shape index (κ3) is 5.96. The van der Waals surface area contributed by atoms with Gasteiger partial charge in [0.25, 0.3) is 5.91 Å². The summed E-state index contributed by atoms with van der Waals surface area (Å²) in [5, 5.41) is 12.3. The number of hydrogen-bond acceptors (Lipinski definition) is 5. The molecule has 0 radical (unpaired) electrons. The number of fused-ring (bicyclic) bond motifs is 1. The predicted molar refractivity (Wildman–Crippen MR) is 153 cm³/mol. The number of nitrogens with two attached hydrogens (primary N) is 1. The van der Waals surface area contributed by atoms with Crippen LogP contribution in [0.5, 0.6) is 5.75 Å². The van der Waals surface area contributed by atoms with Gasteiger partial charge in [-0.25, -0.2) is 4.79 Å². The van der Waals surface area contributed by atoms with Crippen LogP contribution in [0.15, 0.2) is 72.9 Å². The topological polar surface area (TPSA) is 111 Å². The Hall–Kier alpha value is -4.17. The summed E-state index contributed by atoms with van der Waals surface area (Å²) in [6.07, 6.45) is 4.15. The van der Waals surface area contributed by atoms with Gasteiger partial charge in [0.1, 0.15) is 5.75 Å². The zero-order valence-electron chi connectivity index (χ0n) is 22.6. The molecule has 2 heterocycles. The number of benzene rings is 3. The minimum absolute atomic E-state index is 0.0478. The fourth-order valence-electron chi connectivity index (χ4n) is 5.25. The smallest absolute Gasteiger partial charge is 0.409 e. The molecule has 0 spiro atoms. The molecule has 0 bridgehead atoms. The third-order valence-electron chi connectivity index (χ3n) is 7.28. The average molecular weight is 526 g/mol. The van der Waals surface area contributed by atoms with Crippen molar-refractivity contribution in [3.63, 3.8) is 0 Å². The first kappa shape index (κ1) is 26.4. The molecule has 2 amide bonds. The normalized spacial score (nSPS) is 16.5. The van der Waals surface area contributed by atoms with Crippen molar-refractivity contribution in [2.75, 3.05) is 11.9 Å². The fourth-order valence-corrected chi connectivity index (χ4v) is 5.25. The molecular weight excluding hydrogens is 490 g/mol. The molecule has 2 atom stereocenters. The summed E-state index contributed by atoms with van der Waals surface area (Å²) in [6.45, 7) is 7.43. The summed E-state index contributed by atoms with van der Waals surface area (Å²) in [7, 11) is 0. The lowest BCUT2D eigenvalue weighted by Crippen LogP contribution is -2.41. The number of carbonyl (C=O) groups excluding carboxylic acids is 2. The number of ether oxygens (including phenoxy) is 1. The Morgan fingerprint density at radius 3 is 2.56 bits per heavy atom. The molecular formula is C31H35N5O3. The van der Waals surface area contributed by atoms with Gasteiger partial charge in [0.05, 0.1) is 17.8 Å². The highest BCUT2D eigenvalue weighted by Crippen LogP contribution is 2.32. The van der Waals surface area contributed by atoms with E-state index >= 15 is 0 Å². The van der Waals surface area contributed by atoms with Gasteiger partial charge in [-0.05, 0) is 78.4 Å². The molecule has 8 heteroatoms. The van der Waals surface area contributed by atoms with E-state index in [0.29, 0.717) is 11.3 Å². The van der Waals surface area contributed by atoms with Crippen molar-refractivity contribution in [3.05, 3.63) is 89.6 Å². The van der Waals surface area contributed by atoms with Crippen molar-refractivity contribution in [2.45, 2.75) is 57.5 Å². The number of primary amides is 1. The molecule has 4 N–H and O–H groups in total. The first-order chi connectivity index (χ1) is 18.7. The van der Waals surface area contributed by atoms with Gasteiger partial charge in [-0.15, -0.1) is 0 Å². The Labute approximate surface area is 228 Å². The Balaban J connectivity index is 1.46. The molecule has 1 unspecified atom stereocenters. The molecule has 1 saturated heterocycles. The summed E-state index contributed by atoms with van der Waals surface area (Å²) >= 11 is 0. The Morgan fingerprint density at radius 1 is 1.08 bits per heavy atom. The molecule has 4 aromatic rings. The van der Waals surface area contributed by atoms with Crippen LogP contribution < -0.4 is 21.1 Å². The van der Waals surface area contributed by atoms with Crippen molar-refractivity contribution >= 4 is 28.6 Å². The van der Waals surface area contributed by atoms with Gasteiger partial charge >= 0.3 is 6.09 Å². The van der Waals surface area contributed by atoms with Crippen molar-refractivity contribution in [1.29, 1.82) is 0 Å². The number of hydrogen-bond donors (Lipinski definition) is 3. The molecule has 1 fully saturated rings. The largest absolute Gasteiger partial charge is 0.410 e. The van der Waals surface area contributed by atoms with E-state index in [1.54, 1.807) is 18.3 Å². The fraction of sp³-hybridized carbons (Fsp3) is 0.323. The van der Waals surface area contributed by atoms with Crippen LogP contribution >= 0.6 is 0 Å². The number of aromatic nitrogens is 2. The Kier molecular flexibility index (Phi) is 7.39. The quantitative estimate of drug-likeness (QED) is 0.296. The summed E-state index contributed by atoms with van der Waals surface area (Å²) in [6, 6.07) is 21.1. The van der Waals surface area contributed by atoms with Gasteiger partial charge in [0.15, 0.2) is 0 Å². The molecule has 1 aromatic heterocycles.